The third kappa shape index (κ3) is 2.20. The Hall–Kier alpha value is -1.05. The molecule has 1 nitrogen and oxygen atoms in total. The van der Waals surface area contributed by atoms with E-state index in [-0.39, 0.29) is 11.6 Å². The van der Waals surface area contributed by atoms with Crippen LogP contribution in [0, 0.1) is 11.7 Å². The van der Waals surface area contributed by atoms with Crippen molar-refractivity contribution in [2.45, 2.75) is 25.7 Å². The van der Waals surface area contributed by atoms with Crippen LogP contribution in [0.25, 0.3) is 0 Å². The topological polar surface area (TPSA) is 20.2 Å². The van der Waals surface area contributed by atoms with Gasteiger partial charge in [-0.15, -0.1) is 0 Å². The third-order valence-electron chi connectivity index (χ3n) is 2.56. The van der Waals surface area contributed by atoms with Gasteiger partial charge >= 0.3 is 0 Å². The van der Waals surface area contributed by atoms with Crippen LogP contribution in [0.4, 0.5) is 4.39 Å². The molecule has 0 heterocycles. The second kappa shape index (κ2) is 3.36. The molecule has 1 aromatic rings. The maximum Gasteiger partial charge on any atom is 0.123 e. The molecule has 0 unspecified atom stereocenters. The minimum Gasteiger partial charge on any atom is -0.508 e. The van der Waals surface area contributed by atoms with Gasteiger partial charge in [-0.3, -0.25) is 0 Å². The lowest BCUT2D eigenvalue weighted by atomic mass is 10.1. The van der Waals surface area contributed by atoms with E-state index in [4.69, 9.17) is 0 Å². The summed E-state index contributed by atoms with van der Waals surface area (Å²) in [7, 11) is 0. The number of hydrogen-bond acceptors (Lipinski definition) is 1. The molecular weight excluding hydrogens is 167 g/mol. The zero-order valence-corrected chi connectivity index (χ0v) is 7.46. The van der Waals surface area contributed by atoms with Crippen molar-refractivity contribution in [2.24, 2.45) is 5.92 Å². The highest BCUT2D eigenvalue weighted by Crippen LogP contribution is 2.34. The molecule has 0 aromatic heterocycles. The smallest absolute Gasteiger partial charge is 0.123 e. The van der Waals surface area contributed by atoms with E-state index in [1.54, 1.807) is 0 Å². The molecule has 0 bridgehead atoms. The summed E-state index contributed by atoms with van der Waals surface area (Å²) >= 11 is 0. The molecule has 1 N–H and O–H groups in total. The first-order valence-corrected chi connectivity index (χ1v) is 4.73. The first-order chi connectivity index (χ1) is 6.25. The summed E-state index contributed by atoms with van der Waals surface area (Å²) in [4.78, 5) is 0. The molecule has 1 aliphatic rings. The molecule has 1 aliphatic carbocycles. The predicted molar refractivity (Wildman–Crippen MR) is 49.1 cm³/mol. The monoisotopic (exact) mass is 180 g/mol. The molecule has 0 aliphatic heterocycles. The Balaban J connectivity index is 2.03. The molecule has 0 spiro atoms. The minimum atomic E-state index is -0.261. The van der Waals surface area contributed by atoms with Crippen molar-refractivity contribution < 1.29 is 9.50 Å². The van der Waals surface area contributed by atoms with Gasteiger partial charge in [0.2, 0.25) is 0 Å². The van der Waals surface area contributed by atoms with Gasteiger partial charge in [-0.1, -0.05) is 12.8 Å². The van der Waals surface area contributed by atoms with Gasteiger partial charge in [0.15, 0.2) is 0 Å². The fraction of sp³-hybridized carbons (Fsp3) is 0.455. The molecule has 1 aromatic carbocycles. The Labute approximate surface area is 77.2 Å². The highest BCUT2D eigenvalue weighted by Gasteiger charge is 2.21. The normalized spacial score (nSPS) is 16.1. The largest absolute Gasteiger partial charge is 0.508 e. The summed E-state index contributed by atoms with van der Waals surface area (Å²) in [6.07, 6.45) is 4.48. The van der Waals surface area contributed by atoms with Crippen molar-refractivity contribution in [1.82, 2.24) is 0 Å². The highest BCUT2D eigenvalue weighted by atomic mass is 19.1. The first-order valence-electron chi connectivity index (χ1n) is 4.73. The molecule has 0 radical (unpaired) electrons. The molecule has 0 saturated heterocycles. The number of aromatic hydroxyl groups is 1. The zero-order chi connectivity index (χ0) is 9.26. The van der Waals surface area contributed by atoms with Gasteiger partial charge in [-0.25, -0.2) is 4.39 Å². The fourth-order valence-corrected chi connectivity index (χ4v) is 1.52. The number of phenols is 1. The summed E-state index contributed by atoms with van der Waals surface area (Å²) in [5.74, 6) is 0.785. The second-order valence-corrected chi connectivity index (χ2v) is 3.76. The van der Waals surface area contributed by atoms with Crippen LogP contribution < -0.4 is 0 Å². The summed E-state index contributed by atoms with van der Waals surface area (Å²) in [5, 5.41) is 9.40. The minimum absolute atomic E-state index is 0.224. The number of aryl methyl sites for hydroxylation is 1. The van der Waals surface area contributed by atoms with E-state index < -0.39 is 0 Å². The lowest BCUT2D eigenvalue weighted by Gasteiger charge is -2.03. The Bertz CT molecular complexity index is 305. The van der Waals surface area contributed by atoms with Gasteiger partial charge in [0.05, 0.1) is 0 Å². The van der Waals surface area contributed by atoms with E-state index in [1.165, 1.54) is 31.0 Å². The van der Waals surface area contributed by atoms with Crippen molar-refractivity contribution in [3.63, 3.8) is 0 Å². The Morgan fingerprint density at radius 1 is 1.38 bits per heavy atom. The lowest BCUT2D eigenvalue weighted by molar-refractivity contribution is 0.463. The number of halogens is 1. The number of rotatable bonds is 3. The van der Waals surface area contributed by atoms with Gasteiger partial charge in [-0.2, -0.15) is 0 Å². The molecule has 0 atom stereocenters. The lowest BCUT2D eigenvalue weighted by Crippen LogP contribution is -1.89. The zero-order valence-electron chi connectivity index (χ0n) is 7.46. The van der Waals surface area contributed by atoms with Gasteiger partial charge < -0.3 is 5.11 Å². The fourth-order valence-electron chi connectivity index (χ4n) is 1.52. The predicted octanol–water partition coefficient (Wildman–Crippen LogP) is 2.87. The first kappa shape index (κ1) is 8.54. The highest BCUT2D eigenvalue weighted by molar-refractivity contribution is 5.32. The number of hydrogen-bond donors (Lipinski definition) is 1. The quantitative estimate of drug-likeness (QED) is 0.758. The summed E-state index contributed by atoms with van der Waals surface area (Å²) in [6, 6.07) is 4.14. The number of benzene rings is 1. The SMILES string of the molecule is Oc1ccc(F)cc1CCC1CC1. The van der Waals surface area contributed by atoms with Crippen LogP contribution in [0.3, 0.4) is 0 Å². The van der Waals surface area contributed by atoms with Crippen molar-refractivity contribution >= 4 is 0 Å². The Kier molecular flexibility index (Phi) is 2.21. The van der Waals surface area contributed by atoms with Crippen LogP contribution in [0.2, 0.25) is 0 Å². The molecule has 2 heteroatoms. The van der Waals surface area contributed by atoms with Crippen molar-refractivity contribution in [2.75, 3.05) is 0 Å². The van der Waals surface area contributed by atoms with E-state index in [2.05, 4.69) is 0 Å². The van der Waals surface area contributed by atoms with E-state index in [9.17, 15) is 9.50 Å². The van der Waals surface area contributed by atoms with Gasteiger partial charge in [0.1, 0.15) is 11.6 Å². The van der Waals surface area contributed by atoms with E-state index in [0.717, 1.165) is 24.3 Å². The Morgan fingerprint density at radius 2 is 2.15 bits per heavy atom. The maximum atomic E-state index is 12.8. The van der Waals surface area contributed by atoms with Crippen LogP contribution in [0.5, 0.6) is 5.75 Å². The standard InChI is InChI=1S/C11H13FO/c12-10-5-6-11(13)9(7-10)4-3-8-1-2-8/h5-8,13H,1-4H2. The molecular formula is C11H13FO. The van der Waals surface area contributed by atoms with Crippen molar-refractivity contribution in [1.29, 1.82) is 0 Å². The molecule has 0 amide bonds. The van der Waals surface area contributed by atoms with Crippen molar-refractivity contribution in [3.8, 4) is 5.75 Å². The third-order valence-corrected chi connectivity index (χ3v) is 2.56. The summed E-state index contributed by atoms with van der Waals surface area (Å²) in [5.41, 5.74) is 0.743. The summed E-state index contributed by atoms with van der Waals surface area (Å²) < 4.78 is 12.8. The van der Waals surface area contributed by atoms with E-state index in [0.29, 0.717) is 0 Å². The van der Waals surface area contributed by atoms with Gasteiger partial charge in [0, 0.05) is 0 Å². The van der Waals surface area contributed by atoms with Crippen LogP contribution >= 0.6 is 0 Å². The Morgan fingerprint density at radius 3 is 2.85 bits per heavy atom. The number of phenolic OH excluding ortho intramolecular Hbond substituents is 1. The molecule has 1 fully saturated rings. The van der Waals surface area contributed by atoms with Gasteiger partial charge in [0.25, 0.3) is 0 Å². The molecule has 70 valence electrons. The van der Waals surface area contributed by atoms with E-state index in [1.807, 2.05) is 0 Å². The molecule has 2 rings (SSSR count). The summed E-state index contributed by atoms with van der Waals surface area (Å²) in [6.45, 7) is 0. The molecule has 1 saturated carbocycles. The second-order valence-electron chi connectivity index (χ2n) is 3.76. The molecule has 13 heavy (non-hydrogen) atoms. The van der Waals surface area contributed by atoms with Crippen LogP contribution in [-0.4, -0.2) is 5.11 Å². The van der Waals surface area contributed by atoms with Gasteiger partial charge in [-0.05, 0) is 42.5 Å². The maximum absolute atomic E-state index is 12.8. The van der Waals surface area contributed by atoms with Crippen LogP contribution in [-0.2, 0) is 6.42 Å². The van der Waals surface area contributed by atoms with Crippen LogP contribution in [0.15, 0.2) is 18.2 Å². The average Bonchev–Trinajstić information content (AvgIpc) is 2.90. The average molecular weight is 180 g/mol. The van der Waals surface area contributed by atoms with Crippen LogP contribution in [0.1, 0.15) is 24.8 Å². The van der Waals surface area contributed by atoms with Crippen molar-refractivity contribution in [3.05, 3.63) is 29.6 Å². The van der Waals surface area contributed by atoms with E-state index >= 15 is 0 Å².